The maximum atomic E-state index is 5.45. The van der Waals surface area contributed by atoms with Crippen molar-refractivity contribution >= 4 is 11.6 Å². The third-order valence-corrected chi connectivity index (χ3v) is 4.04. The molecule has 0 amide bonds. The normalized spacial score (nSPS) is 11.1. The number of hydrogen-bond donors (Lipinski definition) is 2. The molecule has 1 aromatic heterocycles. The Balaban J connectivity index is 2.09. The van der Waals surface area contributed by atoms with Crippen molar-refractivity contribution < 1.29 is 14.2 Å². The molecule has 26 heavy (non-hydrogen) atoms. The SMILES string of the molecule is CN=C(NCc1ncc(C)c(OC)c1C)Nc1ccc(OC)c(OC)c1. The molecule has 2 N–H and O–H groups in total. The first-order valence-electron chi connectivity index (χ1n) is 8.22. The van der Waals surface area contributed by atoms with Gasteiger partial charge < -0.3 is 24.8 Å². The van der Waals surface area contributed by atoms with Crippen LogP contribution in [0.4, 0.5) is 5.69 Å². The third-order valence-electron chi connectivity index (χ3n) is 4.04. The second-order valence-corrected chi connectivity index (χ2v) is 5.67. The fraction of sp³-hybridized carbons (Fsp3) is 0.368. The number of hydrogen-bond acceptors (Lipinski definition) is 5. The zero-order chi connectivity index (χ0) is 19.1. The highest BCUT2D eigenvalue weighted by molar-refractivity contribution is 5.93. The molecule has 1 heterocycles. The maximum absolute atomic E-state index is 5.45. The lowest BCUT2D eigenvalue weighted by atomic mass is 10.1. The maximum Gasteiger partial charge on any atom is 0.195 e. The average Bonchev–Trinajstić information content (AvgIpc) is 2.66. The van der Waals surface area contributed by atoms with Crippen molar-refractivity contribution in [1.29, 1.82) is 0 Å². The Kier molecular flexibility index (Phi) is 6.66. The van der Waals surface area contributed by atoms with Gasteiger partial charge in [0.25, 0.3) is 0 Å². The van der Waals surface area contributed by atoms with E-state index in [4.69, 9.17) is 14.2 Å². The fourth-order valence-electron chi connectivity index (χ4n) is 2.65. The Morgan fingerprint density at radius 3 is 2.42 bits per heavy atom. The molecule has 7 nitrogen and oxygen atoms in total. The van der Waals surface area contributed by atoms with E-state index < -0.39 is 0 Å². The fourth-order valence-corrected chi connectivity index (χ4v) is 2.65. The molecule has 0 saturated heterocycles. The predicted octanol–water partition coefficient (Wildman–Crippen LogP) is 2.91. The van der Waals surface area contributed by atoms with Gasteiger partial charge in [-0.05, 0) is 26.0 Å². The van der Waals surface area contributed by atoms with Gasteiger partial charge in [-0.2, -0.15) is 0 Å². The smallest absolute Gasteiger partial charge is 0.195 e. The van der Waals surface area contributed by atoms with Gasteiger partial charge in [-0.1, -0.05) is 0 Å². The molecule has 0 aliphatic rings. The number of ether oxygens (including phenoxy) is 3. The summed E-state index contributed by atoms with van der Waals surface area (Å²) in [6.45, 7) is 4.50. The van der Waals surface area contributed by atoms with E-state index in [2.05, 4.69) is 20.6 Å². The number of guanidine groups is 1. The highest BCUT2D eigenvalue weighted by Crippen LogP contribution is 2.29. The first kappa shape index (κ1) is 19.4. The summed E-state index contributed by atoms with van der Waals surface area (Å²) in [6, 6.07) is 5.59. The molecular weight excluding hydrogens is 332 g/mol. The number of aliphatic imine (C=N–C) groups is 1. The van der Waals surface area contributed by atoms with Crippen molar-refractivity contribution in [3.05, 3.63) is 41.2 Å². The molecule has 0 aliphatic carbocycles. The number of aryl methyl sites for hydroxylation is 1. The topological polar surface area (TPSA) is 77.0 Å². The summed E-state index contributed by atoms with van der Waals surface area (Å²) in [5.41, 5.74) is 3.77. The lowest BCUT2D eigenvalue weighted by Gasteiger charge is -2.16. The Labute approximate surface area is 154 Å². The van der Waals surface area contributed by atoms with Crippen LogP contribution in [-0.2, 0) is 6.54 Å². The van der Waals surface area contributed by atoms with Crippen LogP contribution in [0.3, 0.4) is 0 Å². The van der Waals surface area contributed by atoms with Gasteiger partial charge in [-0.15, -0.1) is 0 Å². The van der Waals surface area contributed by atoms with E-state index in [0.29, 0.717) is 24.0 Å². The molecule has 2 aromatic rings. The van der Waals surface area contributed by atoms with Crippen LogP contribution in [0.2, 0.25) is 0 Å². The third kappa shape index (κ3) is 4.36. The first-order chi connectivity index (χ1) is 12.5. The van der Waals surface area contributed by atoms with Gasteiger partial charge in [-0.25, -0.2) is 0 Å². The number of nitrogens with one attached hydrogen (secondary N) is 2. The molecule has 0 radical (unpaired) electrons. The minimum absolute atomic E-state index is 0.523. The van der Waals surface area contributed by atoms with Crippen molar-refractivity contribution in [3.63, 3.8) is 0 Å². The predicted molar refractivity (Wildman–Crippen MR) is 104 cm³/mol. The van der Waals surface area contributed by atoms with E-state index in [1.54, 1.807) is 28.4 Å². The number of anilines is 1. The number of pyridine rings is 1. The van der Waals surface area contributed by atoms with Gasteiger partial charge >= 0.3 is 0 Å². The van der Waals surface area contributed by atoms with Crippen LogP contribution in [0.15, 0.2) is 29.4 Å². The second-order valence-electron chi connectivity index (χ2n) is 5.67. The molecule has 0 spiro atoms. The highest BCUT2D eigenvalue weighted by Gasteiger charge is 2.11. The molecule has 1 aromatic carbocycles. The van der Waals surface area contributed by atoms with Crippen LogP contribution in [0, 0.1) is 13.8 Å². The van der Waals surface area contributed by atoms with E-state index in [-0.39, 0.29) is 0 Å². The Bertz CT molecular complexity index is 791. The molecule has 0 unspecified atom stereocenters. The van der Waals surface area contributed by atoms with Crippen molar-refractivity contribution in [2.45, 2.75) is 20.4 Å². The Hall–Kier alpha value is -2.96. The van der Waals surface area contributed by atoms with Crippen LogP contribution in [0.1, 0.15) is 16.8 Å². The summed E-state index contributed by atoms with van der Waals surface area (Å²) in [5.74, 6) is 2.80. The molecule has 0 bridgehead atoms. The molecule has 0 aliphatic heterocycles. The lowest BCUT2D eigenvalue weighted by molar-refractivity contribution is 0.355. The van der Waals surface area contributed by atoms with Crippen molar-refractivity contribution in [2.75, 3.05) is 33.7 Å². The van der Waals surface area contributed by atoms with E-state index in [1.807, 2.05) is 38.2 Å². The Morgan fingerprint density at radius 1 is 1.08 bits per heavy atom. The van der Waals surface area contributed by atoms with E-state index in [9.17, 15) is 0 Å². The summed E-state index contributed by atoms with van der Waals surface area (Å²) in [4.78, 5) is 8.74. The monoisotopic (exact) mass is 358 g/mol. The van der Waals surface area contributed by atoms with Gasteiger partial charge in [0, 0.05) is 36.1 Å². The molecule has 2 rings (SSSR count). The van der Waals surface area contributed by atoms with Crippen molar-refractivity contribution in [1.82, 2.24) is 10.3 Å². The largest absolute Gasteiger partial charge is 0.496 e. The van der Waals surface area contributed by atoms with Crippen molar-refractivity contribution in [2.24, 2.45) is 4.99 Å². The summed E-state index contributed by atoms with van der Waals surface area (Å²) >= 11 is 0. The van der Waals surface area contributed by atoms with Crippen LogP contribution in [0.5, 0.6) is 17.2 Å². The Morgan fingerprint density at radius 2 is 1.81 bits per heavy atom. The summed E-state index contributed by atoms with van der Waals surface area (Å²) in [7, 11) is 6.60. The number of benzene rings is 1. The number of aromatic nitrogens is 1. The molecule has 0 atom stereocenters. The lowest BCUT2D eigenvalue weighted by Crippen LogP contribution is -2.30. The van der Waals surface area contributed by atoms with Crippen LogP contribution >= 0.6 is 0 Å². The van der Waals surface area contributed by atoms with Gasteiger partial charge in [0.05, 0.1) is 33.6 Å². The van der Waals surface area contributed by atoms with Gasteiger partial charge in [0.2, 0.25) is 0 Å². The van der Waals surface area contributed by atoms with Gasteiger partial charge in [0.1, 0.15) is 5.75 Å². The minimum Gasteiger partial charge on any atom is -0.496 e. The van der Waals surface area contributed by atoms with Crippen molar-refractivity contribution in [3.8, 4) is 17.2 Å². The number of nitrogens with zero attached hydrogens (tertiary/aromatic N) is 2. The van der Waals surface area contributed by atoms with Crippen LogP contribution in [0.25, 0.3) is 0 Å². The zero-order valence-corrected chi connectivity index (χ0v) is 16.1. The summed E-state index contributed by atoms with van der Waals surface area (Å²) < 4.78 is 16.0. The molecule has 140 valence electrons. The minimum atomic E-state index is 0.523. The van der Waals surface area contributed by atoms with E-state index in [1.165, 1.54) is 0 Å². The van der Waals surface area contributed by atoms with Crippen LogP contribution in [-0.4, -0.2) is 39.3 Å². The second kappa shape index (κ2) is 8.94. The first-order valence-corrected chi connectivity index (χ1v) is 8.22. The average molecular weight is 358 g/mol. The molecular formula is C19H26N4O3. The summed E-state index contributed by atoms with van der Waals surface area (Å²) in [6.07, 6.45) is 1.81. The quantitative estimate of drug-likeness (QED) is 0.611. The zero-order valence-electron chi connectivity index (χ0n) is 16.1. The standard InChI is InChI=1S/C19H26N4O3/c1-12-10-21-15(13(2)18(12)26-6)11-22-19(20-3)23-14-7-8-16(24-4)17(9-14)25-5/h7-10H,11H2,1-6H3,(H2,20,22,23). The van der Waals surface area contributed by atoms with Gasteiger partial charge in [-0.3, -0.25) is 9.98 Å². The van der Waals surface area contributed by atoms with E-state index in [0.717, 1.165) is 28.3 Å². The molecule has 0 fully saturated rings. The van der Waals surface area contributed by atoms with E-state index >= 15 is 0 Å². The molecule has 0 saturated carbocycles. The number of rotatable bonds is 6. The number of methoxy groups -OCH3 is 3. The molecule has 7 heteroatoms. The van der Waals surface area contributed by atoms with Gasteiger partial charge in [0.15, 0.2) is 17.5 Å². The highest BCUT2D eigenvalue weighted by atomic mass is 16.5. The van der Waals surface area contributed by atoms with Crippen LogP contribution < -0.4 is 24.8 Å². The summed E-state index contributed by atoms with van der Waals surface area (Å²) in [5, 5.41) is 6.49.